The summed E-state index contributed by atoms with van der Waals surface area (Å²) in [6, 6.07) is 6.74. The highest BCUT2D eigenvalue weighted by molar-refractivity contribution is 6.04. The number of amides is 1. The predicted molar refractivity (Wildman–Crippen MR) is 87.1 cm³/mol. The van der Waals surface area contributed by atoms with Gasteiger partial charge >= 0.3 is 5.97 Å². The van der Waals surface area contributed by atoms with Crippen molar-refractivity contribution in [2.24, 2.45) is 5.92 Å². The van der Waals surface area contributed by atoms with E-state index in [2.05, 4.69) is 5.32 Å². The summed E-state index contributed by atoms with van der Waals surface area (Å²) in [4.78, 5) is 35.5. The fourth-order valence-electron chi connectivity index (χ4n) is 2.51. The van der Waals surface area contributed by atoms with Crippen LogP contribution in [0.15, 0.2) is 36.4 Å². The molecule has 1 N–H and O–H groups in total. The lowest BCUT2D eigenvalue weighted by Crippen LogP contribution is -2.30. The lowest BCUT2D eigenvalue weighted by atomic mass is 10.1. The van der Waals surface area contributed by atoms with Gasteiger partial charge in [0.1, 0.15) is 0 Å². The lowest BCUT2D eigenvalue weighted by Gasteiger charge is -2.16. The fourth-order valence-corrected chi connectivity index (χ4v) is 2.51. The van der Waals surface area contributed by atoms with Crippen LogP contribution in [0.2, 0.25) is 0 Å². The van der Waals surface area contributed by atoms with Gasteiger partial charge in [-0.1, -0.05) is 24.3 Å². The minimum absolute atomic E-state index is 0.140. The summed E-state index contributed by atoms with van der Waals surface area (Å²) in [6.07, 6.45) is 5.37. The standard InChI is InChI=1S/C18H21NO4/c1-12(20)15-9-5-6-10-16(15)19-18(22)13(2)23-17(21)11-14-7-3-4-8-14/h3,5-7,9-10,13-14H,4,8,11H2,1-2H3,(H,19,22)/t13-,14-/m1/s1. The minimum atomic E-state index is -0.909. The van der Waals surface area contributed by atoms with E-state index < -0.39 is 12.0 Å². The molecule has 1 amide bonds. The number of carbonyl (C=O) groups excluding carboxylic acids is 3. The van der Waals surface area contributed by atoms with Gasteiger partial charge < -0.3 is 10.1 Å². The van der Waals surface area contributed by atoms with E-state index in [1.54, 1.807) is 24.3 Å². The van der Waals surface area contributed by atoms with Gasteiger partial charge in [0.25, 0.3) is 5.91 Å². The molecule has 23 heavy (non-hydrogen) atoms. The summed E-state index contributed by atoms with van der Waals surface area (Å²) in [6.45, 7) is 2.96. The van der Waals surface area contributed by atoms with Crippen LogP contribution in [0.1, 0.15) is 43.5 Å². The van der Waals surface area contributed by atoms with E-state index in [-0.39, 0.29) is 24.1 Å². The number of allylic oxidation sites excluding steroid dienone is 2. The van der Waals surface area contributed by atoms with Crippen molar-refractivity contribution in [2.45, 2.75) is 39.2 Å². The third kappa shape index (κ3) is 4.77. The van der Waals surface area contributed by atoms with Crippen LogP contribution in [0.25, 0.3) is 0 Å². The fraction of sp³-hybridized carbons (Fsp3) is 0.389. The molecule has 0 unspecified atom stereocenters. The number of ketones is 1. The molecule has 0 spiro atoms. The molecular weight excluding hydrogens is 294 g/mol. The van der Waals surface area contributed by atoms with Gasteiger partial charge in [-0.2, -0.15) is 0 Å². The van der Waals surface area contributed by atoms with Crippen molar-refractivity contribution in [3.05, 3.63) is 42.0 Å². The molecule has 0 fully saturated rings. The smallest absolute Gasteiger partial charge is 0.307 e. The maximum atomic E-state index is 12.1. The average Bonchev–Trinajstić information content (AvgIpc) is 3.00. The number of hydrogen-bond donors (Lipinski definition) is 1. The van der Waals surface area contributed by atoms with Crippen LogP contribution in [-0.2, 0) is 14.3 Å². The lowest BCUT2D eigenvalue weighted by molar-refractivity contribution is -0.153. The first-order valence-corrected chi connectivity index (χ1v) is 7.74. The second-order valence-electron chi connectivity index (χ2n) is 5.69. The van der Waals surface area contributed by atoms with Crippen molar-refractivity contribution in [1.82, 2.24) is 0 Å². The molecule has 2 atom stereocenters. The molecule has 0 aliphatic heterocycles. The topological polar surface area (TPSA) is 72.5 Å². The van der Waals surface area contributed by atoms with E-state index in [0.717, 1.165) is 12.8 Å². The molecule has 0 radical (unpaired) electrons. The van der Waals surface area contributed by atoms with Crippen LogP contribution in [0, 0.1) is 5.92 Å². The quantitative estimate of drug-likeness (QED) is 0.497. The third-order valence-corrected chi connectivity index (χ3v) is 3.78. The van der Waals surface area contributed by atoms with E-state index in [0.29, 0.717) is 11.3 Å². The van der Waals surface area contributed by atoms with Crippen LogP contribution >= 0.6 is 0 Å². The highest BCUT2D eigenvalue weighted by atomic mass is 16.5. The molecule has 0 saturated heterocycles. The summed E-state index contributed by atoms with van der Waals surface area (Å²) >= 11 is 0. The zero-order valence-electron chi connectivity index (χ0n) is 13.4. The van der Waals surface area contributed by atoms with E-state index in [4.69, 9.17) is 4.74 Å². The molecule has 122 valence electrons. The molecule has 1 aliphatic rings. The number of carbonyl (C=O) groups is 3. The molecule has 1 aliphatic carbocycles. The van der Waals surface area contributed by atoms with Crippen LogP contribution in [0.3, 0.4) is 0 Å². The number of nitrogens with one attached hydrogen (secondary N) is 1. The molecule has 5 heteroatoms. The Kier molecular flexibility index (Phi) is 5.68. The van der Waals surface area contributed by atoms with Crippen LogP contribution < -0.4 is 5.32 Å². The van der Waals surface area contributed by atoms with Gasteiger partial charge in [-0.3, -0.25) is 14.4 Å². The van der Waals surface area contributed by atoms with Gasteiger partial charge in [-0.05, 0) is 44.7 Å². The number of para-hydroxylation sites is 1. The monoisotopic (exact) mass is 315 g/mol. The summed E-state index contributed by atoms with van der Waals surface area (Å²) in [5.74, 6) is -0.771. The van der Waals surface area contributed by atoms with Crippen LogP contribution in [0.4, 0.5) is 5.69 Å². The molecule has 0 saturated carbocycles. The molecule has 5 nitrogen and oxygen atoms in total. The highest BCUT2D eigenvalue weighted by Crippen LogP contribution is 2.21. The Morgan fingerprint density at radius 2 is 2.04 bits per heavy atom. The first-order chi connectivity index (χ1) is 11.0. The number of benzene rings is 1. The summed E-state index contributed by atoms with van der Waals surface area (Å²) in [7, 11) is 0. The summed E-state index contributed by atoms with van der Waals surface area (Å²) in [5.41, 5.74) is 0.849. The average molecular weight is 315 g/mol. The Balaban J connectivity index is 1.91. The van der Waals surface area contributed by atoms with E-state index in [9.17, 15) is 14.4 Å². The molecule has 1 aromatic rings. The van der Waals surface area contributed by atoms with E-state index in [1.807, 2.05) is 12.2 Å². The zero-order valence-corrected chi connectivity index (χ0v) is 13.4. The summed E-state index contributed by atoms with van der Waals surface area (Å²) in [5, 5.41) is 2.64. The summed E-state index contributed by atoms with van der Waals surface area (Å²) < 4.78 is 5.18. The Hall–Kier alpha value is -2.43. The Morgan fingerprint density at radius 3 is 2.70 bits per heavy atom. The van der Waals surface area contributed by atoms with Crippen molar-refractivity contribution in [2.75, 3.05) is 5.32 Å². The molecule has 2 rings (SSSR count). The number of Topliss-reactive ketones (excluding diaryl/α,β-unsaturated/α-hetero) is 1. The van der Waals surface area contributed by atoms with E-state index >= 15 is 0 Å². The maximum Gasteiger partial charge on any atom is 0.307 e. The number of esters is 1. The number of anilines is 1. The number of ether oxygens (including phenoxy) is 1. The van der Waals surface area contributed by atoms with Gasteiger partial charge in [0, 0.05) is 5.56 Å². The molecule has 1 aromatic carbocycles. The minimum Gasteiger partial charge on any atom is -0.453 e. The van der Waals surface area contributed by atoms with Crippen molar-refractivity contribution >= 4 is 23.3 Å². The second-order valence-corrected chi connectivity index (χ2v) is 5.69. The molecular formula is C18H21NO4. The number of rotatable bonds is 6. The van der Waals surface area contributed by atoms with E-state index in [1.165, 1.54) is 13.8 Å². The first-order valence-electron chi connectivity index (χ1n) is 7.74. The van der Waals surface area contributed by atoms with Crippen molar-refractivity contribution in [3.63, 3.8) is 0 Å². The van der Waals surface area contributed by atoms with Gasteiger partial charge in [-0.15, -0.1) is 0 Å². The van der Waals surface area contributed by atoms with Crippen LogP contribution in [0.5, 0.6) is 0 Å². The van der Waals surface area contributed by atoms with Crippen molar-refractivity contribution in [3.8, 4) is 0 Å². The number of hydrogen-bond acceptors (Lipinski definition) is 4. The Morgan fingerprint density at radius 1 is 1.30 bits per heavy atom. The molecule has 0 aromatic heterocycles. The van der Waals surface area contributed by atoms with Gasteiger partial charge in [0.15, 0.2) is 11.9 Å². The molecule has 0 heterocycles. The first kappa shape index (κ1) is 16.9. The van der Waals surface area contributed by atoms with Gasteiger partial charge in [0.05, 0.1) is 12.1 Å². The van der Waals surface area contributed by atoms with Crippen molar-refractivity contribution < 1.29 is 19.1 Å². The van der Waals surface area contributed by atoms with Gasteiger partial charge in [-0.25, -0.2) is 0 Å². The van der Waals surface area contributed by atoms with Gasteiger partial charge in [0.2, 0.25) is 0 Å². The highest BCUT2D eigenvalue weighted by Gasteiger charge is 2.21. The normalized spacial score (nSPS) is 17.6. The largest absolute Gasteiger partial charge is 0.453 e. The predicted octanol–water partition coefficient (Wildman–Crippen LogP) is 3.12. The third-order valence-electron chi connectivity index (χ3n) is 3.78. The van der Waals surface area contributed by atoms with Crippen molar-refractivity contribution in [1.29, 1.82) is 0 Å². The SMILES string of the molecule is CC(=O)c1ccccc1NC(=O)[C@@H](C)OC(=O)C[C@@H]1C=CCC1. The Labute approximate surface area is 135 Å². The second kappa shape index (κ2) is 7.72. The maximum absolute atomic E-state index is 12.1. The zero-order chi connectivity index (χ0) is 16.8. The Bertz CT molecular complexity index is 636. The van der Waals surface area contributed by atoms with Crippen LogP contribution in [-0.4, -0.2) is 23.8 Å². The molecule has 0 bridgehead atoms.